The summed E-state index contributed by atoms with van der Waals surface area (Å²) in [5.41, 5.74) is 6.35. The van der Waals surface area contributed by atoms with Gasteiger partial charge in [0.1, 0.15) is 0 Å². The lowest BCUT2D eigenvalue weighted by Gasteiger charge is -2.38. The van der Waals surface area contributed by atoms with E-state index in [2.05, 4.69) is 32.6 Å². The van der Waals surface area contributed by atoms with Gasteiger partial charge in [0.05, 0.1) is 0 Å². The highest BCUT2D eigenvalue weighted by molar-refractivity contribution is 4.86. The van der Waals surface area contributed by atoms with E-state index >= 15 is 0 Å². The minimum atomic E-state index is 0.392. The lowest BCUT2D eigenvalue weighted by Crippen LogP contribution is -2.51. The minimum Gasteiger partial charge on any atom is -0.326 e. The molecule has 1 aliphatic carbocycles. The predicted molar refractivity (Wildman–Crippen MR) is 71.5 cm³/mol. The van der Waals surface area contributed by atoms with Gasteiger partial charge >= 0.3 is 0 Å². The normalized spacial score (nSPS) is 27.8. The SMILES string of the molecule is CC(C)CN(C(C)C)C1CCCCCC1N. The quantitative estimate of drug-likeness (QED) is 0.747. The summed E-state index contributed by atoms with van der Waals surface area (Å²) in [6.45, 7) is 10.4. The monoisotopic (exact) mass is 226 g/mol. The largest absolute Gasteiger partial charge is 0.326 e. The summed E-state index contributed by atoms with van der Waals surface area (Å²) in [6, 6.07) is 1.63. The van der Waals surface area contributed by atoms with E-state index in [4.69, 9.17) is 5.73 Å². The fourth-order valence-corrected chi connectivity index (χ4v) is 2.88. The van der Waals surface area contributed by atoms with E-state index in [1.807, 2.05) is 0 Å². The standard InChI is InChI=1S/C14H30N2/c1-11(2)10-16(12(3)4)14-9-7-5-6-8-13(14)15/h11-14H,5-10,15H2,1-4H3. The molecule has 0 bridgehead atoms. The molecule has 2 unspecified atom stereocenters. The van der Waals surface area contributed by atoms with Crippen molar-refractivity contribution in [2.45, 2.75) is 77.9 Å². The van der Waals surface area contributed by atoms with Gasteiger partial charge in [-0.2, -0.15) is 0 Å². The Kier molecular flexibility index (Phi) is 5.77. The molecule has 96 valence electrons. The highest BCUT2D eigenvalue weighted by atomic mass is 15.2. The van der Waals surface area contributed by atoms with Crippen LogP contribution in [-0.4, -0.2) is 29.6 Å². The van der Waals surface area contributed by atoms with Crippen molar-refractivity contribution in [3.63, 3.8) is 0 Å². The van der Waals surface area contributed by atoms with Gasteiger partial charge in [0.15, 0.2) is 0 Å². The van der Waals surface area contributed by atoms with E-state index in [1.165, 1.54) is 38.6 Å². The fraction of sp³-hybridized carbons (Fsp3) is 1.00. The van der Waals surface area contributed by atoms with Crippen molar-refractivity contribution >= 4 is 0 Å². The van der Waals surface area contributed by atoms with Crippen LogP contribution in [0.5, 0.6) is 0 Å². The maximum absolute atomic E-state index is 6.35. The topological polar surface area (TPSA) is 29.3 Å². The van der Waals surface area contributed by atoms with Crippen molar-refractivity contribution < 1.29 is 0 Å². The summed E-state index contributed by atoms with van der Waals surface area (Å²) in [5.74, 6) is 0.734. The molecule has 0 spiro atoms. The van der Waals surface area contributed by atoms with E-state index in [0.29, 0.717) is 18.1 Å². The van der Waals surface area contributed by atoms with Gasteiger partial charge < -0.3 is 5.73 Å². The Labute approximate surface area is 102 Å². The molecule has 16 heavy (non-hydrogen) atoms. The van der Waals surface area contributed by atoms with E-state index in [9.17, 15) is 0 Å². The zero-order valence-electron chi connectivity index (χ0n) is 11.6. The van der Waals surface area contributed by atoms with Gasteiger partial charge in [-0.25, -0.2) is 0 Å². The Morgan fingerprint density at radius 2 is 1.69 bits per heavy atom. The number of rotatable bonds is 4. The van der Waals surface area contributed by atoms with Crippen LogP contribution in [0.15, 0.2) is 0 Å². The van der Waals surface area contributed by atoms with Crippen LogP contribution in [-0.2, 0) is 0 Å². The molecule has 0 radical (unpaired) electrons. The molecule has 0 aliphatic heterocycles. The van der Waals surface area contributed by atoms with Crippen LogP contribution in [0.4, 0.5) is 0 Å². The third-order valence-corrected chi connectivity index (χ3v) is 3.70. The number of hydrogen-bond donors (Lipinski definition) is 1. The van der Waals surface area contributed by atoms with Gasteiger partial charge in [-0.15, -0.1) is 0 Å². The molecular weight excluding hydrogens is 196 g/mol. The van der Waals surface area contributed by atoms with E-state index in [1.54, 1.807) is 0 Å². The molecular formula is C14H30N2. The summed E-state index contributed by atoms with van der Waals surface area (Å²) >= 11 is 0. The fourth-order valence-electron chi connectivity index (χ4n) is 2.88. The van der Waals surface area contributed by atoms with Gasteiger partial charge in [-0.05, 0) is 32.6 Å². The number of hydrogen-bond acceptors (Lipinski definition) is 2. The summed E-state index contributed by atoms with van der Waals surface area (Å²) in [6.07, 6.45) is 6.57. The molecule has 1 aliphatic rings. The second kappa shape index (κ2) is 6.61. The second-order valence-electron chi connectivity index (χ2n) is 6.05. The van der Waals surface area contributed by atoms with Crippen LogP contribution < -0.4 is 5.73 Å². The van der Waals surface area contributed by atoms with Crippen LogP contribution in [0.3, 0.4) is 0 Å². The van der Waals surface area contributed by atoms with Gasteiger partial charge in [-0.3, -0.25) is 4.90 Å². The Morgan fingerprint density at radius 3 is 2.25 bits per heavy atom. The molecule has 2 heteroatoms. The summed E-state index contributed by atoms with van der Waals surface area (Å²) in [5, 5.41) is 0. The number of nitrogens with two attached hydrogens (primary N) is 1. The first-order chi connectivity index (χ1) is 7.52. The van der Waals surface area contributed by atoms with Crippen LogP contribution in [0.2, 0.25) is 0 Å². The molecule has 2 N–H and O–H groups in total. The van der Waals surface area contributed by atoms with Gasteiger partial charge in [0.2, 0.25) is 0 Å². The first-order valence-electron chi connectivity index (χ1n) is 7.03. The molecule has 0 saturated heterocycles. The maximum Gasteiger partial charge on any atom is 0.0250 e. The molecule has 1 rings (SSSR count). The van der Waals surface area contributed by atoms with Crippen molar-refractivity contribution in [3.8, 4) is 0 Å². The average Bonchev–Trinajstić information content (AvgIpc) is 2.39. The van der Waals surface area contributed by atoms with Gasteiger partial charge in [-0.1, -0.05) is 33.1 Å². The van der Waals surface area contributed by atoms with Crippen molar-refractivity contribution in [2.24, 2.45) is 11.7 Å². The lowest BCUT2D eigenvalue weighted by atomic mass is 9.99. The molecule has 0 aromatic heterocycles. The summed E-state index contributed by atoms with van der Waals surface area (Å²) in [4.78, 5) is 2.64. The molecule has 0 aromatic carbocycles. The van der Waals surface area contributed by atoms with Gasteiger partial charge in [0, 0.05) is 24.7 Å². The number of nitrogens with zero attached hydrogens (tertiary/aromatic N) is 1. The van der Waals surface area contributed by atoms with Crippen molar-refractivity contribution in [3.05, 3.63) is 0 Å². The lowest BCUT2D eigenvalue weighted by molar-refractivity contribution is 0.110. The van der Waals surface area contributed by atoms with Crippen molar-refractivity contribution in [1.82, 2.24) is 4.90 Å². The molecule has 2 atom stereocenters. The van der Waals surface area contributed by atoms with Crippen LogP contribution in [0, 0.1) is 5.92 Å². The zero-order valence-corrected chi connectivity index (χ0v) is 11.6. The minimum absolute atomic E-state index is 0.392. The van der Waals surface area contributed by atoms with E-state index in [0.717, 1.165) is 5.92 Å². The zero-order chi connectivity index (χ0) is 12.1. The Bertz CT molecular complexity index is 189. The molecule has 0 heterocycles. The first kappa shape index (κ1) is 14.0. The van der Waals surface area contributed by atoms with Crippen LogP contribution in [0.1, 0.15) is 59.8 Å². The molecule has 2 nitrogen and oxygen atoms in total. The maximum atomic E-state index is 6.35. The highest BCUT2D eigenvalue weighted by Gasteiger charge is 2.28. The molecule has 0 amide bonds. The summed E-state index contributed by atoms with van der Waals surface area (Å²) in [7, 11) is 0. The average molecular weight is 226 g/mol. The summed E-state index contributed by atoms with van der Waals surface area (Å²) < 4.78 is 0. The van der Waals surface area contributed by atoms with Crippen LogP contribution >= 0.6 is 0 Å². The third kappa shape index (κ3) is 4.06. The second-order valence-corrected chi connectivity index (χ2v) is 6.05. The Morgan fingerprint density at radius 1 is 1.06 bits per heavy atom. The van der Waals surface area contributed by atoms with Crippen molar-refractivity contribution in [2.75, 3.05) is 6.54 Å². The predicted octanol–water partition coefficient (Wildman–Crippen LogP) is 3.01. The third-order valence-electron chi connectivity index (χ3n) is 3.70. The molecule has 1 saturated carbocycles. The highest BCUT2D eigenvalue weighted by Crippen LogP contribution is 2.23. The molecule has 1 fully saturated rings. The molecule has 0 aromatic rings. The van der Waals surface area contributed by atoms with Gasteiger partial charge in [0.25, 0.3) is 0 Å². The van der Waals surface area contributed by atoms with E-state index < -0.39 is 0 Å². The van der Waals surface area contributed by atoms with E-state index in [-0.39, 0.29) is 0 Å². The van der Waals surface area contributed by atoms with Crippen molar-refractivity contribution in [1.29, 1.82) is 0 Å². The smallest absolute Gasteiger partial charge is 0.0250 e. The van der Waals surface area contributed by atoms with Crippen LogP contribution in [0.25, 0.3) is 0 Å². The Hall–Kier alpha value is -0.0800. The first-order valence-corrected chi connectivity index (χ1v) is 7.03. The Balaban J connectivity index is 2.66.